The van der Waals surface area contributed by atoms with Gasteiger partial charge >= 0.3 is 0 Å². The molecule has 156 valence electrons. The third-order valence-electron chi connectivity index (χ3n) is 4.88. The number of rotatable bonds is 7. The molecule has 0 unspecified atom stereocenters. The summed E-state index contributed by atoms with van der Waals surface area (Å²) in [5.74, 6) is -0.340. The summed E-state index contributed by atoms with van der Waals surface area (Å²) in [6.07, 6.45) is 4.25. The second kappa shape index (κ2) is 8.81. The highest BCUT2D eigenvalue weighted by Gasteiger charge is 2.21. The minimum absolute atomic E-state index is 0.123. The molecule has 0 atom stereocenters. The molecule has 31 heavy (non-hydrogen) atoms. The predicted molar refractivity (Wildman–Crippen MR) is 117 cm³/mol. The summed E-state index contributed by atoms with van der Waals surface area (Å²) in [5, 5.41) is 17.6. The van der Waals surface area contributed by atoms with Gasteiger partial charge in [-0.15, -0.1) is 0 Å². The number of Topliss-reactive ketones (excluding diaryl/α,β-unsaturated/α-hetero) is 1. The van der Waals surface area contributed by atoms with E-state index in [1.54, 1.807) is 32.0 Å². The number of carbonyl (C=O) groups is 1. The van der Waals surface area contributed by atoms with E-state index < -0.39 is 5.54 Å². The fourth-order valence-corrected chi connectivity index (χ4v) is 2.96. The summed E-state index contributed by atoms with van der Waals surface area (Å²) in [4.78, 5) is 33.3. The number of nitriles is 1. The normalized spacial score (nSPS) is 11.0. The van der Waals surface area contributed by atoms with Crippen molar-refractivity contribution < 1.29 is 4.79 Å². The van der Waals surface area contributed by atoms with Gasteiger partial charge in [0, 0.05) is 30.1 Å². The molecule has 3 rings (SSSR count). The summed E-state index contributed by atoms with van der Waals surface area (Å²) >= 11 is 0. The van der Waals surface area contributed by atoms with E-state index in [0.29, 0.717) is 23.4 Å². The summed E-state index contributed by atoms with van der Waals surface area (Å²) in [5.41, 5.74) is 7.06. The lowest BCUT2D eigenvalue weighted by Crippen LogP contribution is -2.34. The Morgan fingerprint density at radius 2 is 1.90 bits per heavy atom. The molecule has 0 amide bonds. The Morgan fingerprint density at radius 3 is 2.55 bits per heavy atom. The smallest absolute Gasteiger partial charge is 0.251 e. The van der Waals surface area contributed by atoms with Crippen molar-refractivity contribution in [1.82, 2.24) is 14.5 Å². The van der Waals surface area contributed by atoms with Gasteiger partial charge in [0.05, 0.1) is 30.6 Å². The molecule has 3 N–H and O–H groups in total. The molecular weight excluding hydrogens is 392 g/mol. The standard InChI is InChI=1S/C23H22N6O2/c1-23(2,14-25)29-13-17(7-8-22(29)31)19-11-27-12-20(28-19)21(30)9-18(26)16-5-3-15(10-24)4-6-16/h3-8,11-13,26H,9-10,24H2,1-2H3. The van der Waals surface area contributed by atoms with Crippen molar-refractivity contribution in [3.05, 3.63) is 82.2 Å². The SMILES string of the molecule is CC(C)(C#N)n1cc(-c2cncc(C(=O)CC(=N)c3ccc(CN)cc3)n2)ccc1=O. The summed E-state index contributed by atoms with van der Waals surface area (Å²) in [6, 6.07) is 12.2. The van der Waals surface area contributed by atoms with E-state index >= 15 is 0 Å². The van der Waals surface area contributed by atoms with Gasteiger partial charge in [-0.25, -0.2) is 4.98 Å². The number of nitrogens with one attached hydrogen (secondary N) is 1. The van der Waals surface area contributed by atoms with Crippen LogP contribution in [0.25, 0.3) is 11.3 Å². The van der Waals surface area contributed by atoms with Crippen LogP contribution in [-0.2, 0) is 12.1 Å². The minimum Gasteiger partial charge on any atom is -0.326 e. The van der Waals surface area contributed by atoms with Crippen LogP contribution in [0.5, 0.6) is 0 Å². The zero-order chi connectivity index (χ0) is 22.6. The topological polar surface area (TPSA) is 139 Å². The van der Waals surface area contributed by atoms with Gasteiger partial charge in [-0.1, -0.05) is 24.3 Å². The number of hydrogen-bond acceptors (Lipinski definition) is 7. The van der Waals surface area contributed by atoms with Gasteiger partial charge in [-0.2, -0.15) is 5.26 Å². The van der Waals surface area contributed by atoms with Crippen molar-refractivity contribution in [2.45, 2.75) is 32.4 Å². The first-order chi connectivity index (χ1) is 14.7. The van der Waals surface area contributed by atoms with E-state index in [4.69, 9.17) is 11.1 Å². The summed E-state index contributed by atoms with van der Waals surface area (Å²) in [7, 11) is 0. The molecule has 0 aliphatic heterocycles. The van der Waals surface area contributed by atoms with Gasteiger partial charge in [0.25, 0.3) is 5.56 Å². The van der Waals surface area contributed by atoms with Crippen LogP contribution in [0.1, 0.15) is 41.9 Å². The first kappa shape index (κ1) is 21.7. The van der Waals surface area contributed by atoms with Gasteiger partial charge in [0.2, 0.25) is 0 Å². The van der Waals surface area contributed by atoms with Crippen molar-refractivity contribution in [2.24, 2.45) is 5.73 Å². The predicted octanol–water partition coefficient (Wildman–Crippen LogP) is 2.66. The fourth-order valence-electron chi connectivity index (χ4n) is 2.96. The van der Waals surface area contributed by atoms with E-state index in [-0.39, 0.29) is 29.2 Å². The quantitative estimate of drug-likeness (QED) is 0.450. The van der Waals surface area contributed by atoms with E-state index in [2.05, 4.69) is 16.0 Å². The molecule has 8 nitrogen and oxygen atoms in total. The van der Waals surface area contributed by atoms with Crippen LogP contribution in [-0.4, -0.2) is 26.0 Å². The molecular formula is C23H22N6O2. The number of carbonyl (C=O) groups excluding carboxylic acids is 1. The number of aromatic nitrogens is 3. The third-order valence-corrected chi connectivity index (χ3v) is 4.88. The lowest BCUT2D eigenvalue weighted by atomic mass is 10.0. The number of nitrogens with two attached hydrogens (primary N) is 1. The molecule has 8 heteroatoms. The molecule has 0 aliphatic rings. The maximum absolute atomic E-state index is 12.7. The lowest BCUT2D eigenvalue weighted by Gasteiger charge is -2.19. The van der Waals surface area contributed by atoms with Gasteiger partial charge in [-0.3, -0.25) is 19.1 Å². The summed E-state index contributed by atoms with van der Waals surface area (Å²) in [6.45, 7) is 3.68. The highest BCUT2D eigenvalue weighted by molar-refractivity contribution is 6.13. The first-order valence-electron chi connectivity index (χ1n) is 9.62. The Labute approximate surface area is 179 Å². The summed E-state index contributed by atoms with van der Waals surface area (Å²) < 4.78 is 1.32. The van der Waals surface area contributed by atoms with Crippen LogP contribution in [0.3, 0.4) is 0 Å². The highest BCUT2D eigenvalue weighted by Crippen LogP contribution is 2.19. The number of ketones is 1. The van der Waals surface area contributed by atoms with Gasteiger partial charge in [0.15, 0.2) is 5.78 Å². The highest BCUT2D eigenvalue weighted by atomic mass is 16.1. The third kappa shape index (κ3) is 4.79. The Balaban J connectivity index is 1.85. The van der Waals surface area contributed by atoms with Gasteiger partial charge in [0.1, 0.15) is 11.2 Å². The van der Waals surface area contributed by atoms with Crippen LogP contribution in [0.2, 0.25) is 0 Å². The van der Waals surface area contributed by atoms with Crippen LogP contribution < -0.4 is 11.3 Å². The molecule has 0 radical (unpaired) electrons. The number of nitrogens with zero attached hydrogens (tertiary/aromatic N) is 4. The van der Waals surface area contributed by atoms with Crippen molar-refractivity contribution in [1.29, 1.82) is 10.7 Å². The molecule has 2 heterocycles. The Morgan fingerprint density at radius 1 is 1.19 bits per heavy atom. The van der Waals surface area contributed by atoms with Crippen LogP contribution in [0.15, 0.2) is 59.8 Å². The average Bonchev–Trinajstić information content (AvgIpc) is 2.79. The van der Waals surface area contributed by atoms with Crippen LogP contribution in [0, 0.1) is 16.7 Å². The minimum atomic E-state index is -1.04. The maximum Gasteiger partial charge on any atom is 0.251 e. The molecule has 2 aromatic heterocycles. The van der Waals surface area contributed by atoms with Crippen molar-refractivity contribution in [3.63, 3.8) is 0 Å². The van der Waals surface area contributed by atoms with E-state index in [1.165, 1.54) is 29.2 Å². The molecule has 0 spiro atoms. The number of benzene rings is 1. The Bertz CT molecular complexity index is 1240. The molecule has 0 bridgehead atoms. The Kier molecular flexibility index (Phi) is 6.18. The Hall–Kier alpha value is -3.96. The van der Waals surface area contributed by atoms with Gasteiger partial charge < -0.3 is 11.1 Å². The molecule has 0 fully saturated rings. The number of hydrogen-bond donors (Lipinski definition) is 2. The zero-order valence-electron chi connectivity index (χ0n) is 17.3. The fraction of sp³-hybridized carbons (Fsp3) is 0.217. The van der Waals surface area contributed by atoms with Crippen LogP contribution >= 0.6 is 0 Å². The largest absolute Gasteiger partial charge is 0.326 e. The maximum atomic E-state index is 12.7. The monoisotopic (exact) mass is 414 g/mol. The first-order valence-corrected chi connectivity index (χ1v) is 9.62. The lowest BCUT2D eigenvalue weighted by molar-refractivity contribution is 0.0995. The van der Waals surface area contributed by atoms with Crippen molar-refractivity contribution in [3.8, 4) is 17.3 Å². The van der Waals surface area contributed by atoms with E-state index in [0.717, 1.165) is 5.56 Å². The van der Waals surface area contributed by atoms with Crippen LogP contribution in [0.4, 0.5) is 0 Å². The average molecular weight is 414 g/mol. The van der Waals surface area contributed by atoms with E-state index in [9.17, 15) is 14.9 Å². The second-order valence-electron chi connectivity index (χ2n) is 7.57. The second-order valence-corrected chi connectivity index (χ2v) is 7.57. The van der Waals surface area contributed by atoms with E-state index in [1.807, 2.05) is 12.1 Å². The van der Waals surface area contributed by atoms with Gasteiger partial charge in [-0.05, 0) is 31.0 Å². The molecule has 0 saturated heterocycles. The van der Waals surface area contributed by atoms with Crippen molar-refractivity contribution >= 4 is 11.5 Å². The molecule has 3 aromatic rings. The molecule has 1 aromatic carbocycles. The molecule has 0 saturated carbocycles. The van der Waals surface area contributed by atoms with Crippen molar-refractivity contribution in [2.75, 3.05) is 0 Å². The molecule has 0 aliphatic carbocycles. The zero-order valence-corrected chi connectivity index (χ0v) is 17.3. The number of pyridine rings is 1.